The number of ether oxygens (including phenoxy) is 1. The number of carboxylic acid groups (broad SMARTS) is 1. The molecule has 1 atom stereocenters. The fraction of sp³-hybridized carbons (Fsp3) is 0.273. The van der Waals surface area contributed by atoms with E-state index in [1.54, 1.807) is 19.1 Å². The molecule has 1 aliphatic heterocycles. The van der Waals surface area contributed by atoms with Crippen LogP contribution in [0, 0.1) is 0 Å². The fourth-order valence-corrected chi connectivity index (χ4v) is 1.66. The predicted octanol–water partition coefficient (Wildman–Crippen LogP) is 1.34. The van der Waals surface area contributed by atoms with Crippen LogP contribution in [0.3, 0.4) is 0 Å². The maximum absolute atomic E-state index is 11.0. The molecule has 0 spiro atoms. The van der Waals surface area contributed by atoms with Gasteiger partial charge in [-0.05, 0) is 24.6 Å². The number of carboxylic acids is 1. The highest BCUT2D eigenvalue weighted by atomic mass is 16.6. The smallest absolute Gasteiger partial charge is 0.408 e. The van der Waals surface area contributed by atoms with Crippen LogP contribution in [0.1, 0.15) is 22.8 Å². The normalized spacial score (nSPS) is 23.7. The zero-order valence-electron chi connectivity index (χ0n) is 8.69. The summed E-state index contributed by atoms with van der Waals surface area (Å²) in [5.74, 6) is -0.990. The van der Waals surface area contributed by atoms with Crippen LogP contribution in [-0.4, -0.2) is 23.8 Å². The van der Waals surface area contributed by atoms with Crippen LogP contribution in [0.15, 0.2) is 24.3 Å². The van der Waals surface area contributed by atoms with Gasteiger partial charge < -0.3 is 15.2 Å². The maximum Gasteiger partial charge on any atom is 0.408 e. The first kappa shape index (κ1) is 10.5. The van der Waals surface area contributed by atoms with Crippen molar-refractivity contribution in [2.45, 2.75) is 12.5 Å². The Labute approximate surface area is 92.0 Å². The molecule has 1 aliphatic rings. The second-order valence-electron chi connectivity index (χ2n) is 3.92. The Morgan fingerprint density at radius 1 is 1.56 bits per heavy atom. The lowest BCUT2D eigenvalue weighted by molar-refractivity contribution is 0.0696. The summed E-state index contributed by atoms with van der Waals surface area (Å²) >= 11 is 0. The van der Waals surface area contributed by atoms with Gasteiger partial charge in [-0.1, -0.05) is 12.1 Å². The van der Waals surface area contributed by atoms with E-state index in [1.165, 1.54) is 12.1 Å². The number of benzene rings is 1. The summed E-state index contributed by atoms with van der Waals surface area (Å²) in [6.07, 6.45) is -0.483. The van der Waals surface area contributed by atoms with E-state index in [2.05, 4.69) is 5.32 Å². The number of alkyl carbamates (subject to hydrolysis) is 1. The van der Waals surface area contributed by atoms with Gasteiger partial charge in [-0.3, -0.25) is 0 Å². The molecule has 1 aromatic carbocycles. The molecule has 5 heteroatoms. The summed E-state index contributed by atoms with van der Waals surface area (Å²) in [6.45, 7) is 1.99. The fourth-order valence-electron chi connectivity index (χ4n) is 1.66. The van der Waals surface area contributed by atoms with Gasteiger partial charge in [0.2, 0.25) is 0 Å². The topological polar surface area (TPSA) is 75.6 Å². The molecule has 1 heterocycles. The molecule has 1 aromatic rings. The molecule has 1 saturated heterocycles. The molecule has 5 nitrogen and oxygen atoms in total. The molecule has 0 radical (unpaired) electrons. The monoisotopic (exact) mass is 221 g/mol. The highest BCUT2D eigenvalue weighted by Gasteiger charge is 2.36. The second-order valence-corrected chi connectivity index (χ2v) is 3.92. The zero-order valence-corrected chi connectivity index (χ0v) is 8.69. The van der Waals surface area contributed by atoms with Gasteiger partial charge in [-0.15, -0.1) is 0 Å². The molecule has 1 unspecified atom stereocenters. The lowest BCUT2D eigenvalue weighted by Gasteiger charge is -2.21. The minimum Gasteiger partial charge on any atom is -0.478 e. The Morgan fingerprint density at radius 3 is 2.88 bits per heavy atom. The van der Waals surface area contributed by atoms with Gasteiger partial charge in [0.1, 0.15) is 6.61 Å². The Balaban J connectivity index is 2.37. The van der Waals surface area contributed by atoms with Gasteiger partial charge >= 0.3 is 12.1 Å². The van der Waals surface area contributed by atoms with Crippen molar-refractivity contribution < 1.29 is 19.4 Å². The number of nitrogens with one attached hydrogen (secondary N) is 1. The third-order valence-electron chi connectivity index (χ3n) is 2.62. The third kappa shape index (κ3) is 1.71. The summed E-state index contributed by atoms with van der Waals surface area (Å²) in [5, 5.41) is 11.5. The zero-order chi connectivity index (χ0) is 11.8. The number of carbonyl (C=O) groups is 2. The van der Waals surface area contributed by atoms with Gasteiger partial charge in [0, 0.05) is 0 Å². The molecule has 84 valence electrons. The molecule has 16 heavy (non-hydrogen) atoms. The summed E-state index contributed by atoms with van der Waals surface area (Å²) in [7, 11) is 0. The van der Waals surface area contributed by atoms with Crippen LogP contribution in [0.25, 0.3) is 0 Å². The second kappa shape index (κ2) is 3.52. The van der Waals surface area contributed by atoms with Gasteiger partial charge in [-0.25, -0.2) is 9.59 Å². The summed E-state index contributed by atoms with van der Waals surface area (Å²) in [4.78, 5) is 21.8. The van der Waals surface area contributed by atoms with Crippen molar-refractivity contribution in [1.29, 1.82) is 0 Å². The minimum atomic E-state index is -0.990. The Hall–Kier alpha value is -2.04. The SMILES string of the molecule is CC1(c2cccc(C(=O)O)c2)COC(=O)N1. The van der Waals surface area contributed by atoms with E-state index in [4.69, 9.17) is 9.84 Å². The van der Waals surface area contributed by atoms with Crippen LogP contribution >= 0.6 is 0 Å². The Morgan fingerprint density at radius 2 is 2.31 bits per heavy atom. The van der Waals surface area contributed by atoms with Crippen molar-refractivity contribution in [1.82, 2.24) is 5.32 Å². The van der Waals surface area contributed by atoms with E-state index >= 15 is 0 Å². The van der Waals surface area contributed by atoms with Crippen molar-refractivity contribution in [2.75, 3.05) is 6.61 Å². The van der Waals surface area contributed by atoms with Gasteiger partial charge in [0.25, 0.3) is 0 Å². The Kier molecular flexibility index (Phi) is 2.30. The Bertz CT molecular complexity index is 457. The van der Waals surface area contributed by atoms with Gasteiger partial charge in [-0.2, -0.15) is 0 Å². The summed E-state index contributed by atoms with van der Waals surface area (Å²) < 4.78 is 4.83. The van der Waals surface area contributed by atoms with E-state index in [9.17, 15) is 9.59 Å². The number of hydrogen-bond acceptors (Lipinski definition) is 3. The van der Waals surface area contributed by atoms with Crippen molar-refractivity contribution >= 4 is 12.1 Å². The lowest BCUT2D eigenvalue weighted by atomic mass is 9.92. The number of cyclic esters (lactones) is 1. The van der Waals surface area contributed by atoms with Crippen molar-refractivity contribution in [3.8, 4) is 0 Å². The van der Waals surface area contributed by atoms with Gasteiger partial charge in [0.15, 0.2) is 0 Å². The molecule has 0 aliphatic carbocycles. The molecular weight excluding hydrogens is 210 g/mol. The lowest BCUT2D eigenvalue weighted by Crippen LogP contribution is -2.37. The van der Waals surface area contributed by atoms with Crippen molar-refractivity contribution in [3.63, 3.8) is 0 Å². The standard InChI is InChI=1S/C11H11NO4/c1-11(6-16-10(15)12-11)8-4-2-3-7(5-8)9(13)14/h2-5H,6H2,1H3,(H,12,15)(H,13,14). The first-order valence-corrected chi connectivity index (χ1v) is 4.80. The van der Waals surface area contributed by atoms with Crippen LogP contribution in [0.5, 0.6) is 0 Å². The molecule has 0 bridgehead atoms. The van der Waals surface area contributed by atoms with Crippen LogP contribution in [-0.2, 0) is 10.3 Å². The molecule has 2 N–H and O–H groups in total. The van der Waals surface area contributed by atoms with E-state index in [1.807, 2.05) is 0 Å². The summed E-state index contributed by atoms with van der Waals surface area (Å²) in [5.41, 5.74) is 0.265. The number of amides is 1. The number of rotatable bonds is 2. The highest BCUT2D eigenvalue weighted by Crippen LogP contribution is 2.26. The van der Waals surface area contributed by atoms with E-state index < -0.39 is 17.6 Å². The van der Waals surface area contributed by atoms with Crippen molar-refractivity contribution in [2.24, 2.45) is 0 Å². The largest absolute Gasteiger partial charge is 0.478 e. The van der Waals surface area contributed by atoms with Crippen LogP contribution in [0.2, 0.25) is 0 Å². The molecule has 0 aromatic heterocycles. The maximum atomic E-state index is 11.0. The van der Waals surface area contributed by atoms with Crippen LogP contribution in [0.4, 0.5) is 4.79 Å². The third-order valence-corrected chi connectivity index (χ3v) is 2.62. The minimum absolute atomic E-state index is 0.194. The van der Waals surface area contributed by atoms with Gasteiger partial charge in [0.05, 0.1) is 11.1 Å². The molecule has 1 fully saturated rings. The first-order chi connectivity index (χ1) is 7.51. The van der Waals surface area contributed by atoms with Crippen molar-refractivity contribution in [3.05, 3.63) is 35.4 Å². The highest BCUT2D eigenvalue weighted by molar-refractivity contribution is 5.87. The summed E-state index contributed by atoms with van der Waals surface area (Å²) in [6, 6.07) is 6.46. The number of hydrogen-bond donors (Lipinski definition) is 2. The number of carbonyl (C=O) groups excluding carboxylic acids is 1. The number of aromatic carboxylic acids is 1. The van der Waals surface area contributed by atoms with E-state index in [0.29, 0.717) is 0 Å². The predicted molar refractivity (Wildman–Crippen MR) is 55.2 cm³/mol. The average Bonchev–Trinajstić information content (AvgIpc) is 2.60. The molecular formula is C11H11NO4. The van der Waals surface area contributed by atoms with E-state index in [-0.39, 0.29) is 12.2 Å². The molecule has 0 saturated carbocycles. The first-order valence-electron chi connectivity index (χ1n) is 4.80. The van der Waals surface area contributed by atoms with Crippen LogP contribution < -0.4 is 5.32 Å². The average molecular weight is 221 g/mol. The molecule has 1 amide bonds. The quantitative estimate of drug-likeness (QED) is 0.790. The van der Waals surface area contributed by atoms with E-state index in [0.717, 1.165) is 5.56 Å². The molecule has 2 rings (SSSR count).